The number of likely N-dealkylation sites (tertiary alicyclic amines) is 1. The molecule has 1 saturated heterocycles. The van der Waals surface area contributed by atoms with Crippen molar-refractivity contribution in [3.63, 3.8) is 0 Å². The van der Waals surface area contributed by atoms with Gasteiger partial charge < -0.3 is 14.9 Å². The molecule has 1 aliphatic heterocycles. The highest BCUT2D eigenvalue weighted by atomic mass is 32.1. The number of rotatable bonds is 2. The topological polar surface area (TPSA) is 86.8 Å². The molecule has 132 valence electrons. The molecule has 1 amide bonds. The normalized spacial score (nSPS) is 18.0. The van der Waals surface area contributed by atoms with Gasteiger partial charge in [0.2, 0.25) is 0 Å². The average Bonchev–Trinajstić information content (AvgIpc) is 3.39. The highest BCUT2D eigenvalue weighted by Crippen LogP contribution is 2.28. The van der Waals surface area contributed by atoms with Gasteiger partial charge in [-0.05, 0) is 30.4 Å². The summed E-state index contributed by atoms with van der Waals surface area (Å²) >= 11 is 1.52. The Bertz CT molecular complexity index is 1150. The van der Waals surface area contributed by atoms with E-state index in [-0.39, 0.29) is 17.6 Å². The van der Waals surface area contributed by atoms with Crippen molar-refractivity contribution in [3.05, 3.63) is 51.3 Å². The fraction of sp³-hybridized carbons (Fsp3) is 0.278. The second-order valence-corrected chi connectivity index (χ2v) is 7.40. The van der Waals surface area contributed by atoms with Crippen LogP contribution in [0.2, 0.25) is 0 Å². The molecular weight excluding hydrogens is 350 g/mol. The zero-order valence-corrected chi connectivity index (χ0v) is 14.8. The lowest BCUT2D eigenvalue weighted by Gasteiger charge is -2.33. The number of nitrogens with zero attached hydrogens (tertiary/aromatic N) is 3. The van der Waals surface area contributed by atoms with E-state index in [1.807, 2.05) is 34.0 Å². The first kappa shape index (κ1) is 15.4. The highest BCUT2D eigenvalue weighted by Gasteiger charge is 2.28. The Morgan fingerprint density at radius 2 is 2.27 bits per heavy atom. The molecule has 0 unspecified atom stereocenters. The molecular formula is C18H17N5O2S. The molecule has 5 heterocycles. The molecule has 1 aliphatic rings. The van der Waals surface area contributed by atoms with Gasteiger partial charge in [-0.3, -0.25) is 9.36 Å². The zero-order valence-electron chi connectivity index (χ0n) is 13.9. The van der Waals surface area contributed by atoms with Crippen molar-refractivity contribution in [1.29, 1.82) is 0 Å². The fourth-order valence-corrected chi connectivity index (χ4v) is 4.52. The van der Waals surface area contributed by atoms with E-state index in [4.69, 9.17) is 0 Å². The van der Waals surface area contributed by atoms with Crippen LogP contribution in [0.25, 0.3) is 22.1 Å². The number of thiophene rings is 1. The smallest absolute Gasteiger partial charge is 0.326 e. The summed E-state index contributed by atoms with van der Waals surface area (Å²) in [4.78, 5) is 37.6. The van der Waals surface area contributed by atoms with E-state index in [2.05, 4.69) is 15.0 Å². The van der Waals surface area contributed by atoms with Crippen LogP contribution in [0.3, 0.4) is 0 Å². The number of hydrogen-bond acceptors (Lipinski definition) is 4. The minimum Gasteiger partial charge on any atom is -0.346 e. The monoisotopic (exact) mass is 367 g/mol. The largest absolute Gasteiger partial charge is 0.346 e. The first-order valence-electron chi connectivity index (χ1n) is 8.60. The van der Waals surface area contributed by atoms with Crippen LogP contribution < -0.4 is 5.69 Å². The molecule has 0 saturated carbocycles. The average molecular weight is 367 g/mol. The molecule has 0 aromatic carbocycles. The van der Waals surface area contributed by atoms with Gasteiger partial charge in [0.15, 0.2) is 0 Å². The lowest BCUT2D eigenvalue weighted by atomic mass is 10.0. The van der Waals surface area contributed by atoms with Crippen LogP contribution in [0.5, 0.6) is 0 Å². The summed E-state index contributed by atoms with van der Waals surface area (Å²) in [5, 5.41) is 4.70. The Balaban J connectivity index is 1.57. The third kappa shape index (κ3) is 2.29. The van der Waals surface area contributed by atoms with Crippen LogP contribution in [-0.2, 0) is 0 Å². The highest BCUT2D eigenvalue weighted by molar-refractivity contribution is 7.08. The number of imidazole rings is 1. The van der Waals surface area contributed by atoms with E-state index in [9.17, 15) is 9.59 Å². The van der Waals surface area contributed by atoms with Crippen molar-refractivity contribution in [2.75, 3.05) is 13.1 Å². The van der Waals surface area contributed by atoms with E-state index in [1.165, 1.54) is 11.3 Å². The van der Waals surface area contributed by atoms with Gasteiger partial charge in [-0.2, -0.15) is 11.3 Å². The Kier molecular flexibility index (Phi) is 3.46. The number of aromatic nitrogens is 4. The Morgan fingerprint density at radius 1 is 1.35 bits per heavy atom. The number of piperidine rings is 1. The van der Waals surface area contributed by atoms with Gasteiger partial charge >= 0.3 is 5.69 Å². The number of aromatic amines is 2. The predicted molar refractivity (Wildman–Crippen MR) is 101 cm³/mol. The van der Waals surface area contributed by atoms with Crippen LogP contribution >= 0.6 is 11.3 Å². The number of nitrogens with one attached hydrogen (secondary N) is 2. The maximum Gasteiger partial charge on any atom is 0.326 e. The Morgan fingerprint density at radius 3 is 3.12 bits per heavy atom. The molecule has 1 atom stereocenters. The van der Waals surface area contributed by atoms with Crippen molar-refractivity contribution in [2.45, 2.75) is 18.9 Å². The lowest BCUT2D eigenvalue weighted by Crippen LogP contribution is -2.42. The quantitative estimate of drug-likeness (QED) is 0.571. The molecule has 4 aromatic rings. The number of carbonyl (C=O) groups is 1. The van der Waals surface area contributed by atoms with E-state index < -0.39 is 0 Å². The van der Waals surface area contributed by atoms with Gasteiger partial charge in [-0.25, -0.2) is 9.78 Å². The third-order valence-corrected chi connectivity index (χ3v) is 5.76. The van der Waals surface area contributed by atoms with E-state index >= 15 is 0 Å². The third-order valence-electron chi connectivity index (χ3n) is 5.08. The molecule has 5 rings (SSSR count). The summed E-state index contributed by atoms with van der Waals surface area (Å²) in [6.45, 7) is 1.26. The Labute approximate surface area is 152 Å². The van der Waals surface area contributed by atoms with Gasteiger partial charge in [0, 0.05) is 30.1 Å². The zero-order chi connectivity index (χ0) is 17.7. The molecule has 0 aliphatic carbocycles. The molecule has 0 bridgehead atoms. The van der Waals surface area contributed by atoms with Crippen LogP contribution in [0.15, 0.2) is 40.1 Å². The molecule has 0 radical (unpaired) electrons. The summed E-state index contributed by atoms with van der Waals surface area (Å²) in [7, 11) is 0. The van der Waals surface area contributed by atoms with Crippen molar-refractivity contribution in [3.8, 4) is 0 Å². The summed E-state index contributed by atoms with van der Waals surface area (Å²) in [5.41, 5.74) is 2.91. The first-order chi connectivity index (χ1) is 12.7. The van der Waals surface area contributed by atoms with Crippen molar-refractivity contribution >= 4 is 39.3 Å². The minimum atomic E-state index is -0.148. The molecule has 2 N–H and O–H groups in total. The second-order valence-electron chi connectivity index (χ2n) is 6.62. The summed E-state index contributed by atoms with van der Waals surface area (Å²) in [6, 6.07) is 3.74. The van der Waals surface area contributed by atoms with E-state index in [0.29, 0.717) is 6.54 Å². The van der Waals surface area contributed by atoms with Crippen LogP contribution in [0, 0.1) is 0 Å². The summed E-state index contributed by atoms with van der Waals surface area (Å²) < 4.78 is 1.81. The maximum atomic E-state index is 12.7. The minimum absolute atomic E-state index is 0.0392. The van der Waals surface area contributed by atoms with Crippen LogP contribution in [0.1, 0.15) is 29.2 Å². The van der Waals surface area contributed by atoms with Crippen molar-refractivity contribution in [2.24, 2.45) is 0 Å². The maximum absolute atomic E-state index is 12.7. The number of carbonyl (C=O) groups excluding carboxylic acids is 1. The number of hydrogen-bond donors (Lipinski definition) is 2. The number of pyridine rings is 1. The first-order valence-corrected chi connectivity index (χ1v) is 9.54. The molecule has 26 heavy (non-hydrogen) atoms. The number of H-pyrrole nitrogens is 2. The van der Waals surface area contributed by atoms with E-state index in [1.54, 1.807) is 10.8 Å². The van der Waals surface area contributed by atoms with Gasteiger partial charge in [0.25, 0.3) is 5.91 Å². The summed E-state index contributed by atoms with van der Waals surface area (Å²) in [6.07, 6.45) is 5.25. The van der Waals surface area contributed by atoms with E-state index in [0.717, 1.165) is 47.0 Å². The van der Waals surface area contributed by atoms with Crippen LogP contribution in [0.4, 0.5) is 0 Å². The van der Waals surface area contributed by atoms with Gasteiger partial charge in [-0.1, -0.05) is 0 Å². The SMILES string of the molecule is O=C(c1ccsc1)N1CCC[C@@H](n2c(=O)[nH]c3cnc4[nH]ccc4c32)C1. The second kappa shape index (κ2) is 5.84. The van der Waals surface area contributed by atoms with Crippen molar-refractivity contribution < 1.29 is 4.79 Å². The van der Waals surface area contributed by atoms with Gasteiger partial charge in [0.05, 0.1) is 28.8 Å². The molecule has 7 nitrogen and oxygen atoms in total. The Hall–Kier alpha value is -2.87. The fourth-order valence-electron chi connectivity index (χ4n) is 3.89. The van der Waals surface area contributed by atoms with Gasteiger partial charge in [0.1, 0.15) is 5.65 Å². The van der Waals surface area contributed by atoms with Gasteiger partial charge in [-0.15, -0.1) is 0 Å². The number of fused-ring (bicyclic) bond motifs is 3. The molecule has 1 fully saturated rings. The molecule has 8 heteroatoms. The van der Waals surface area contributed by atoms with Crippen LogP contribution in [-0.4, -0.2) is 43.4 Å². The standard InChI is InChI=1S/C18H17N5O2S/c24-17(11-4-7-26-10-11)22-6-1-2-12(9-22)23-15-13-3-5-19-16(13)20-8-14(15)21-18(23)25/h3-5,7-8,10,12H,1-2,6,9H2,(H,19,20)(H,21,25)/t12-/m1/s1. The summed E-state index contributed by atoms with van der Waals surface area (Å²) in [5.74, 6) is 0.0392. The molecule has 0 spiro atoms. The number of amides is 1. The molecule has 4 aromatic heterocycles. The predicted octanol–water partition coefficient (Wildman–Crippen LogP) is 2.74. The lowest BCUT2D eigenvalue weighted by molar-refractivity contribution is 0.0680. The van der Waals surface area contributed by atoms with Crippen molar-refractivity contribution in [1.82, 2.24) is 24.4 Å².